The second-order valence-corrected chi connectivity index (χ2v) is 6.69. The maximum atomic E-state index is 12.8. The molecule has 2 bridgehead atoms. The summed E-state index contributed by atoms with van der Waals surface area (Å²) >= 11 is 0. The van der Waals surface area contributed by atoms with Gasteiger partial charge in [-0.25, -0.2) is 4.98 Å². The number of carbonyl (C=O) groups is 1. The van der Waals surface area contributed by atoms with E-state index in [-0.39, 0.29) is 23.2 Å². The Hall–Kier alpha value is -3.89. The number of nitrogens with one attached hydrogen (secondary N) is 3. The van der Waals surface area contributed by atoms with E-state index in [0.717, 1.165) is 24.1 Å². The number of nitro groups is 1. The molecule has 29 heavy (non-hydrogen) atoms. The fraction of sp³-hybridized carbons (Fsp3) is 0.278. The van der Waals surface area contributed by atoms with Crippen LogP contribution in [-0.2, 0) is 0 Å². The van der Waals surface area contributed by atoms with Crippen LogP contribution >= 0.6 is 0 Å². The van der Waals surface area contributed by atoms with Crippen molar-refractivity contribution < 1.29 is 14.5 Å². The number of ether oxygens (including phenoxy) is 1. The molecule has 11 heteroatoms. The molecule has 0 aromatic carbocycles. The fourth-order valence-electron chi connectivity index (χ4n) is 3.18. The number of rotatable bonds is 1. The van der Waals surface area contributed by atoms with Gasteiger partial charge in [0.1, 0.15) is 23.9 Å². The molecule has 150 valence electrons. The van der Waals surface area contributed by atoms with Crippen LogP contribution < -0.4 is 20.8 Å². The van der Waals surface area contributed by atoms with Crippen LogP contribution in [0.3, 0.4) is 0 Å². The fourth-order valence-corrected chi connectivity index (χ4v) is 3.18. The van der Waals surface area contributed by atoms with Crippen LogP contribution in [-0.4, -0.2) is 39.7 Å². The van der Waals surface area contributed by atoms with Crippen molar-refractivity contribution in [1.82, 2.24) is 25.9 Å². The number of carbonyl (C=O) groups excluding carboxylic acids is 1. The Morgan fingerprint density at radius 1 is 1.38 bits per heavy atom. The van der Waals surface area contributed by atoms with Crippen molar-refractivity contribution in [2.24, 2.45) is 5.10 Å². The second kappa shape index (κ2) is 7.62. The summed E-state index contributed by atoms with van der Waals surface area (Å²) in [7, 11) is 0. The zero-order valence-corrected chi connectivity index (χ0v) is 15.6. The smallest absolute Gasteiger partial charge is 0.288 e. The van der Waals surface area contributed by atoms with Crippen molar-refractivity contribution in [3.05, 3.63) is 63.5 Å². The van der Waals surface area contributed by atoms with Gasteiger partial charge in [0, 0.05) is 12.1 Å². The third kappa shape index (κ3) is 3.74. The molecule has 0 aliphatic carbocycles. The molecule has 0 spiro atoms. The Balaban J connectivity index is 1.70. The van der Waals surface area contributed by atoms with Gasteiger partial charge in [0.15, 0.2) is 5.82 Å². The van der Waals surface area contributed by atoms with Crippen LogP contribution in [0.25, 0.3) is 0 Å². The van der Waals surface area contributed by atoms with Gasteiger partial charge in [-0.15, -0.1) is 0 Å². The molecule has 1 aromatic heterocycles. The molecular weight excluding hydrogens is 378 g/mol. The van der Waals surface area contributed by atoms with Crippen molar-refractivity contribution in [3.63, 3.8) is 0 Å². The van der Waals surface area contributed by atoms with Crippen LogP contribution in [0.1, 0.15) is 30.1 Å². The zero-order chi connectivity index (χ0) is 20.4. The molecular formula is C18H19N7O4. The first-order valence-corrected chi connectivity index (χ1v) is 9.08. The Morgan fingerprint density at radius 3 is 3.07 bits per heavy atom. The number of pyridine rings is 1. The molecule has 11 nitrogen and oxygen atoms in total. The normalized spacial score (nSPS) is 21.0. The second-order valence-electron chi connectivity index (χ2n) is 6.69. The number of aromatic nitrogens is 1. The SMILES string of the molecule is C[C@H]1CCCOc2ncc([N+](=O)[O-])cc2C(=O)NC2=CC=CC(=C3NN=CN31)N2. The molecule has 0 fully saturated rings. The molecule has 3 N–H and O–H groups in total. The molecule has 1 amide bonds. The van der Waals surface area contributed by atoms with Gasteiger partial charge in [0.25, 0.3) is 11.6 Å². The molecule has 1 atom stereocenters. The van der Waals surface area contributed by atoms with Crippen molar-refractivity contribution >= 4 is 17.9 Å². The first kappa shape index (κ1) is 18.5. The van der Waals surface area contributed by atoms with Gasteiger partial charge in [-0.05, 0) is 31.9 Å². The monoisotopic (exact) mass is 397 g/mol. The number of fused-ring (bicyclic) bond motifs is 4. The maximum absolute atomic E-state index is 12.8. The molecule has 3 aliphatic heterocycles. The van der Waals surface area contributed by atoms with E-state index >= 15 is 0 Å². The third-order valence-electron chi connectivity index (χ3n) is 4.68. The summed E-state index contributed by atoms with van der Waals surface area (Å²) in [5, 5.41) is 21.1. The minimum absolute atomic E-state index is 0.000264. The Kier molecular flexibility index (Phi) is 4.85. The number of hydrogen-bond donors (Lipinski definition) is 3. The molecule has 1 aromatic rings. The summed E-state index contributed by atoms with van der Waals surface area (Å²) in [6.07, 6.45) is 9.63. The Labute approximate surface area is 166 Å². The molecule has 0 radical (unpaired) electrons. The predicted molar refractivity (Wildman–Crippen MR) is 103 cm³/mol. The largest absolute Gasteiger partial charge is 0.477 e. The van der Waals surface area contributed by atoms with E-state index in [1.54, 1.807) is 18.5 Å². The molecule has 0 saturated heterocycles. The molecule has 0 unspecified atom stereocenters. The molecule has 3 aliphatic rings. The summed E-state index contributed by atoms with van der Waals surface area (Å²) < 4.78 is 5.67. The van der Waals surface area contributed by atoms with Gasteiger partial charge in [0.2, 0.25) is 5.88 Å². The summed E-state index contributed by atoms with van der Waals surface area (Å²) in [5.41, 5.74) is 3.43. The van der Waals surface area contributed by atoms with E-state index in [2.05, 4.69) is 33.1 Å². The van der Waals surface area contributed by atoms with E-state index in [1.165, 1.54) is 6.07 Å². The minimum atomic E-state index is -0.600. The molecule has 4 rings (SSSR count). The predicted octanol–water partition coefficient (Wildman–Crippen LogP) is 1.30. The highest BCUT2D eigenvalue weighted by molar-refractivity contribution is 5.98. The van der Waals surface area contributed by atoms with Crippen LogP contribution in [0, 0.1) is 10.1 Å². The zero-order valence-electron chi connectivity index (χ0n) is 15.6. The average molecular weight is 397 g/mol. The first-order chi connectivity index (χ1) is 14.0. The average Bonchev–Trinajstić information content (AvgIpc) is 3.20. The minimum Gasteiger partial charge on any atom is -0.477 e. The number of nitrogens with zero attached hydrogens (tertiary/aromatic N) is 4. The lowest BCUT2D eigenvalue weighted by atomic mass is 10.1. The van der Waals surface area contributed by atoms with Crippen LogP contribution in [0.4, 0.5) is 5.69 Å². The highest BCUT2D eigenvalue weighted by Gasteiger charge is 2.25. The quantitative estimate of drug-likeness (QED) is 0.477. The van der Waals surface area contributed by atoms with E-state index in [1.807, 2.05) is 11.0 Å². The highest BCUT2D eigenvalue weighted by Crippen LogP contribution is 2.23. The van der Waals surface area contributed by atoms with Crippen LogP contribution in [0.15, 0.2) is 52.9 Å². The van der Waals surface area contributed by atoms with Crippen LogP contribution in [0.5, 0.6) is 5.88 Å². The summed E-state index contributed by atoms with van der Waals surface area (Å²) in [6, 6.07) is 1.31. The number of hydrogen-bond acceptors (Lipinski definition) is 9. The van der Waals surface area contributed by atoms with Gasteiger partial charge < -0.3 is 20.3 Å². The number of hydrazone groups is 1. The lowest BCUT2D eigenvalue weighted by molar-refractivity contribution is -0.385. The van der Waals surface area contributed by atoms with Crippen molar-refractivity contribution in [3.8, 4) is 5.88 Å². The van der Waals surface area contributed by atoms with E-state index in [9.17, 15) is 14.9 Å². The topological polar surface area (TPSA) is 134 Å². The van der Waals surface area contributed by atoms with E-state index < -0.39 is 10.8 Å². The standard InChI is InChI=1S/C18H19N7O4/c1-11-4-3-7-29-18-13(8-12(9-19-18)25(27)28)17(26)22-15-6-2-5-14(21-15)16-23-20-10-24(11)16/h2,5-6,8-11,21,23H,3-4,7H2,1H3,(H,22,26)/t11-/m0/s1. The van der Waals surface area contributed by atoms with Crippen molar-refractivity contribution in [2.75, 3.05) is 6.61 Å². The Bertz CT molecular complexity index is 982. The number of amides is 1. The first-order valence-electron chi connectivity index (χ1n) is 9.08. The lowest BCUT2D eigenvalue weighted by Crippen LogP contribution is -2.37. The van der Waals surface area contributed by atoms with Gasteiger partial charge in [-0.2, -0.15) is 5.10 Å². The van der Waals surface area contributed by atoms with Gasteiger partial charge >= 0.3 is 0 Å². The van der Waals surface area contributed by atoms with E-state index in [4.69, 9.17) is 4.74 Å². The number of allylic oxidation sites excluding steroid dienone is 3. The van der Waals surface area contributed by atoms with E-state index in [0.29, 0.717) is 18.8 Å². The van der Waals surface area contributed by atoms with Crippen molar-refractivity contribution in [2.45, 2.75) is 25.8 Å². The third-order valence-corrected chi connectivity index (χ3v) is 4.68. The summed E-state index contributed by atoms with van der Waals surface area (Å²) in [4.78, 5) is 29.3. The number of dihydropyridines is 1. The van der Waals surface area contributed by atoms with Gasteiger partial charge in [0.05, 0.1) is 17.2 Å². The lowest BCUT2D eigenvalue weighted by Gasteiger charge is -2.27. The van der Waals surface area contributed by atoms with Gasteiger partial charge in [-0.1, -0.05) is 6.08 Å². The van der Waals surface area contributed by atoms with Gasteiger partial charge in [-0.3, -0.25) is 20.3 Å². The summed E-state index contributed by atoms with van der Waals surface area (Å²) in [5.74, 6) is 0.679. The highest BCUT2D eigenvalue weighted by atomic mass is 16.6. The van der Waals surface area contributed by atoms with Crippen LogP contribution in [0.2, 0.25) is 0 Å². The molecule has 0 saturated carbocycles. The maximum Gasteiger partial charge on any atom is 0.288 e. The molecule has 4 heterocycles. The van der Waals surface area contributed by atoms with Crippen molar-refractivity contribution in [1.29, 1.82) is 0 Å². The Morgan fingerprint density at radius 2 is 2.24 bits per heavy atom. The summed E-state index contributed by atoms with van der Waals surface area (Å²) in [6.45, 7) is 2.40.